The molecule has 22 heavy (non-hydrogen) atoms. The van der Waals surface area contributed by atoms with Crippen LogP contribution in [0.15, 0.2) is 23.1 Å². The summed E-state index contributed by atoms with van der Waals surface area (Å²) in [7, 11) is -3.73. The average Bonchev–Trinajstić information content (AvgIpc) is 2.45. The normalized spacial score (nSPS) is 17.5. The average molecular weight is 328 g/mol. The number of ether oxygens (including phenoxy) is 1. The minimum Gasteiger partial charge on any atom is -0.486 e. The summed E-state index contributed by atoms with van der Waals surface area (Å²) < 4.78 is 32.3. The van der Waals surface area contributed by atoms with Gasteiger partial charge in [-0.3, -0.25) is 4.79 Å². The summed E-state index contributed by atoms with van der Waals surface area (Å²) in [6, 6.07) is 4.56. The Morgan fingerprint density at radius 1 is 1.50 bits per heavy atom. The van der Waals surface area contributed by atoms with Gasteiger partial charge >= 0.3 is 5.97 Å². The molecule has 0 saturated carbocycles. The first-order valence-corrected chi connectivity index (χ1v) is 8.54. The number of carbonyl (C=O) groups is 1. The van der Waals surface area contributed by atoms with Crippen LogP contribution in [0.5, 0.6) is 5.75 Å². The maximum absolute atomic E-state index is 12.1. The second kappa shape index (κ2) is 6.53. The van der Waals surface area contributed by atoms with Crippen LogP contribution in [0.2, 0.25) is 0 Å². The van der Waals surface area contributed by atoms with Crippen molar-refractivity contribution in [3.05, 3.63) is 18.2 Å². The van der Waals surface area contributed by atoms with Gasteiger partial charge in [-0.15, -0.1) is 0 Å². The highest BCUT2D eigenvalue weighted by Crippen LogP contribution is 2.32. The highest BCUT2D eigenvalue weighted by atomic mass is 32.2. The second-order valence-corrected chi connectivity index (χ2v) is 7.25. The fourth-order valence-electron chi connectivity index (χ4n) is 2.08. The lowest BCUT2D eigenvalue weighted by Crippen LogP contribution is -2.35. The van der Waals surface area contributed by atoms with Gasteiger partial charge in [-0.05, 0) is 24.1 Å². The first-order valence-electron chi connectivity index (χ1n) is 7.05. The molecule has 1 aromatic carbocycles. The Balaban J connectivity index is 2.13. The fraction of sp³-hybridized carbons (Fsp3) is 0.500. The molecule has 0 bridgehead atoms. The van der Waals surface area contributed by atoms with E-state index in [2.05, 4.69) is 23.9 Å². The number of nitrogens with one attached hydrogen (secondary N) is 2. The van der Waals surface area contributed by atoms with E-state index in [-0.39, 0.29) is 24.0 Å². The molecule has 1 heterocycles. The van der Waals surface area contributed by atoms with E-state index in [0.717, 1.165) is 0 Å². The van der Waals surface area contributed by atoms with E-state index in [1.807, 2.05) is 0 Å². The number of benzene rings is 1. The van der Waals surface area contributed by atoms with Crippen molar-refractivity contribution in [2.75, 3.05) is 18.4 Å². The molecule has 1 aliphatic rings. The zero-order valence-corrected chi connectivity index (χ0v) is 13.3. The van der Waals surface area contributed by atoms with Crippen LogP contribution in [0.4, 0.5) is 5.69 Å². The smallest absolute Gasteiger partial charge is 0.304 e. The van der Waals surface area contributed by atoms with Gasteiger partial charge in [0.25, 0.3) is 0 Å². The fourth-order valence-corrected chi connectivity index (χ4v) is 3.14. The first kappa shape index (κ1) is 16.6. The van der Waals surface area contributed by atoms with Crippen LogP contribution in [0.1, 0.15) is 20.3 Å². The van der Waals surface area contributed by atoms with Gasteiger partial charge in [0.15, 0.2) is 0 Å². The summed E-state index contributed by atoms with van der Waals surface area (Å²) in [5.74, 6) is -0.0842. The zero-order chi connectivity index (χ0) is 16.3. The third-order valence-electron chi connectivity index (χ3n) is 3.41. The Labute approximate surface area is 129 Å². The molecule has 0 spiro atoms. The number of sulfonamides is 1. The van der Waals surface area contributed by atoms with Crippen LogP contribution in [-0.2, 0) is 14.8 Å². The monoisotopic (exact) mass is 328 g/mol. The molecule has 122 valence electrons. The van der Waals surface area contributed by atoms with Crippen LogP contribution in [0, 0.1) is 5.92 Å². The number of aliphatic carboxylic acids is 1. The maximum atomic E-state index is 12.1. The van der Waals surface area contributed by atoms with Crippen molar-refractivity contribution < 1.29 is 23.1 Å². The Kier molecular flexibility index (Phi) is 4.92. The zero-order valence-electron chi connectivity index (χ0n) is 12.5. The van der Waals surface area contributed by atoms with Crippen molar-refractivity contribution in [2.45, 2.75) is 31.3 Å². The predicted molar refractivity (Wildman–Crippen MR) is 81.6 cm³/mol. The summed E-state index contributed by atoms with van der Waals surface area (Å²) in [6.45, 7) is 4.58. The molecule has 7 nitrogen and oxygen atoms in total. The van der Waals surface area contributed by atoms with E-state index in [9.17, 15) is 13.2 Å². The van der Waals surface area contributed by atoms with Crippen molar-refractivity contribution in [1.29, 1.82) is 0 Å². The number of hydrogen-bond donors (Lipinski definition) is 3. The van der Waals surface area contributed by atoms with Gasteiger partial charge in [0.1, 0.15) is 11.9 Å². The van der Waals surface area contributed by atoms with Gasteiger partial charge in [-0.25, -0.2) is 13.1 Å². The van der Waals surface area contributed by atoms with Crippen molar-refractivity contribution in [2.24, 2.45) is 5.92 Å². The van der Waals surface area contributed by atoms with Crippen LogP contribution in [0.3, 0.4) is 0 Å². The lowest BCUT2D eigenvalue weighted by molar-refractivity contribution is -0.136. The van der Waals surface area contributed by atoms with Crippen molar-refractivity contribution >= 4 is 21.7 Å². The second-order valence-electron chi connectivity index (χ2n) is 5.48. The molecule has 0 amide bonds. The van der Waals surface area contributed by atoms with E-state index in [0.29, 0.717) is 23.9 Å². The van der Waals surface area contributed by atoms with E-state index in [1.54, 1.807) is 6.07 Å². The van der Waals surface area contributed by atoms with E-state index in [4.69, 9.17) is 9.84 Å². The number of anilines is 1. The summed E-state index contributed by atoms with van der Waals surface area (Å²) in [5.41, 5.74) is 0.623. The van der Waals surface area contributed by atoms with E-state index >= 15 is 0 Å². The molecule has 1 unspecified atom stereocenters. The lowest BCUT2D eigenvalue weighted by Gasteiger charge is -2.30. The topological polar surface area (TPSA) is 105 Å². The highest BCUT2D eigenvalue weighted by molar-refractivity contribution is 7.89. The molecule has 0 fully saturated rings. The van der Waals surface area contributed by atoms with Gasteiger partial charge in [-0.1, -0.05) is 13.8 Å². The minimum absolute atomic E-state index is 0.0450. The molecule has 0 aliphatic carbocycles. The molecule has 1 aliphatic heterocycles. The molecule has 2 rings (SSSR count). The molecule has 0 saturated heterocycles. The van der Waals surface area contributed by atoms with Crippen LogP contribution in [0.25, 0.3) is 0 Å². The molecule has 8 heteroatoms. The molecule has 1 aromatic rings. The Morgan fingerprint density at radius 2 is 2.23 bits per heavy atom. The van der Waals surface area contributed by atoms with Gasteiger partial charge in [0.2, 0.25) is 10.0 Å². The minimum atomic E-state index is -3.73. The number of rotatable bonds is 6. The van der Waals surface area contributed by atoms with Gasteiger partial charge < -0.3 is 15.2 Å². The number of hydrogen-bond acceptors (Lipinski definition) is 5. The molecule has 0 aromatic heterocycles. The van der Waals surface area contributed by atoms with E-state index in [1.165, 1.54) is 12.1 Å². The third-order valence-corrected chi connectivity index (χ3v) is 4.87. The summed E-state index contributed by atoms with van der Waals surface area (Å²) in [5, 5.41) is 11.7. The van der Waals surface area contributed by atoms with Gasteiger partial charge in [0, 0.05) is 6.54 Å². The van der Waals surface area contributed by atoms with Crippen LogP contribution >= 0.6 is 0 Å². The summed E-state index contributed by atoms with van der Waals surface area (Å²) in [4.78, 5) is 10.5. The molecule has 0 radical (unpaired) electrons. The molecular formula is C14H20N2O5S. The standard InChI is InChI=1S/C14H20N2O5S/c1-9(2)13-8-15-11-7-10(3-4-12(11)21-13)22(19,20)16-6-5-14(17)18/h3-4,7,9,13,15-16H,5-6,8H2,1-2H3,(H,17,18). The van der Waals surface area contributed by atoms with Crippen LogP contribution < -0.4 is 14.8 Å². The Morgan fingerprint density at radius 3 is 2.86 bits per heavy atom. The first-order chi connectivity index (χ1) is 10.3. The maximum Gasteiger partial charge on any atom is 0.304 e. The van der Waals surface area contributed by atoms with Crippen molar-refractivity contribution in [3.63, 3.8) is 0 Å². The largest absolute Gasteiger partial charge is 0.486 e. The van der Waals surface area contributed by atoms with Crippen molar-refractivity contribution in [3.8, 4) is 5.75 Å². The van der Waals surface area contributed by atoms with Crippen LogP contribution in [-0.4, -0.2) is 38.7 Å². The number of fused-ring (bicyclic) bond motifs is 1. The quantitative estimate of drug-likeness (QED) is 0.726. The lowest BCUT2D eigenvalue weighted by atomic mass is 10.1. The third kappa shape index (κ3) is 3.89. The Bertz CT molecular complexity index is 657. The highest BCUT2D eigenvalue weighted by Gasteiger charge is 2.24. The number of carboxylic acid groups (broad SMARTS) is 1. The summed E-state index contributed by atoms with van der Waals surface area (Å²) in [6.07, 6.45) is -0.217. The van der Waals surface area contributed by atoms with Crippen molar-refractivity contribution in [1.82, 2.24) is 4.72 Å². The molecular weight excluding hydrogens is 308 g/mol. The molecule has 3 N–H and O–H groups in total. The molecule has 1 atom stereocenters. The summed E-state index contributed by atoms with van der Waals surface area (Å²) >= 11 is 0. The Hall–Kier alpha value is -1.80. The predicted octanol–water partition coefficient (Wildman–Crippen LogP) is 1.27. The SMILES string of the molecule is CC(C)C1CNc2cc(S(=O)(=O)NCCC(=O)O)ccc2O1. The van der Waals surface area contributed by atoms with Gasteiger partial charge in [-0.2, -0.15) is 0 Å². The van der Waals surface area contributed by atoms with Gasteiger partial charge in [0.05, 0.1) is 23.5 Å². The van der Waals surface area contributed by atoms with E-state index < -0.39 is 16.0 Å². The number of carboxylic acids is 1.